The first-order chi connectivity index (χ1) is 7.93. The van der Waals surface area contributed by atoms with Crippen molar-refractivity contribution in [3.8, 4) is 0 Å². The van der Waals surface area contributed by atoms with Crippen LogP contribution in [-0.4, -0.2) is 16.5 Å². The Morgan fingerprint density at radius 3 is 2.35 bits per heavy atom. The molecule has 0 N–H and O–H groups in total. The van der Waals surface area contributed by atoms with Crippen molar-refractivity contribution in [2.75, 3.05) is 0 Å². The zero-order valence-corrected chi connectivity index (χ0v) is 11.5. The lowest BCUT2D eigenvalue weighted by Gasteiger charge is -2.26. The van der Waals surface area contributed by atoms with Crippen LogP contribution in [0, 0.1) is 16.5 Å². The molecule has 0 spiro atoms. The summed E-state index contributed by atoms with van der Waals surface area (Å²) in [7, 11) is 0. The molecular weight excluding hydrogens is 210 g/mol. The van der Waals surface area contributed by atoms with Crippen molar-refractivity contribution in [1.29, 1.82) is 0 Å². The molecule has 1 aliphatic heterocycles. The molecule has 0 radical (unpaired) electrons. The lowest BCUT2D eigenvalue weighted by molar-refractivity contribution is -0.483. The normalized spacial score (nSPS) is 29.7. The van der Waals surface area contributed by atoms with Crippen LogP contribution in [0.3, 0.4) is 0 Å². The number of rotatable bonds is 2. The SMILES string of the molecule is C=C(C)C1CC(C)(C)C(C2CCCCC2)=[N+]1[O-]. The van der Waals surface area contributed by atoms with E-state index in [2.05, 4.69) is 20.4 Å². The van der Waals surface area contributed by atoms with Crippen molar-refractivity contribution in [3.63, 3.8) is 0 Å². The Bertz CT molecular complexity index is 348. The van der Waals surface area contributed by atoms with Crippen LogP contribution in [0.15, 0.2) is 12.2 Å². The maximum atomic E-state index is 12.5. The zero-order chi connectivity index (χ0) is 12.6. The molecule has 1 atom stereocenters. The van der Waals surface area contributed by atoms with Gasteiger partial charge in [0.25, 0.3) is 0 Å². The van der Waals surface area contributed by atoms with E-state index in [0.29, 0.717) is 5.92 Å². The Morgan fingerprint density at radius 2 is 1.88 bits per heavy atom. The fourth-order valence-electron chi connectivity index (χ4n) is 3.62. The summed E-state index contributed by atoms with van der Waals surface area (Å²) in [6.07, 6.45) is 7.27. The Labute approximate surface area is 105 Å². The van der Waals surface area contributed by atoms with Crippen LogP contribution in [-0.2, 0) is 0 Å². The van der Waals surface area contributed by atoms with Crippen LogP contribution in [0.25, 0.3) is 0 Å². The van der Waals surface area contributed by atoms with Gasteiger partial charge in [-0.2, -0.15) is 0 Å². The molecule has 2 rings (SSSR count). The van der Waals surface area contributed by atoms with E-state index in [4.69, 9.17) is 0 Å². The summed E-state index contributed by atoms with van der Waals surface area (Å²) >= 11 is 0. The molecule has 17 heavy (non-hydrogen) atoms. The lowest BCUT2D eigenvalue weighted by atomic mass is 9.74. The first kappa shape index (κ1) is 12.7. The van der Waals surface area contributed by atoms with Gasteiger partial charge in [0.1, 0.15) is 0 Å². The van der Waals surface area contributed by atoms with Crippen LogP contribution >= 0.6 is 0 Å². The van der Waals surface area contributed by atoms with E-state index >= 15 is 0 Å². The van der Waals surface area contributed by atoms with Crippen molar-refractivity contribution >= 4 is 5.71 Å². The molecule has 0 aromatic carbocycles. The summed E-state index contributed by atoms with van der Waals surface area (Å²) in [5.41, 5.74) is 2.23. The molecule has 0 amide bonds. The minimum Gasteiger partial charge on any atom is -0.623 e. The van der Waals surface area contributed by atoms with E-state index in [0.717, 1.165) is 17.7 Å². The highest BCUT2D eigenvalue weighted by atomic mass is 16.5. The summed E-state index contributed by atoms with van der Waals surface area (Å²) < 4.78 is 1.30. The first-order valence-corrected chi connectivity index (χ1v) is 6.92. The van der Waals surface area contributed by atoms with Crippen LogP contribution in [0.5, 0.6) is 0 Å². The van der Waals surface area contributed by atoms with Crippen molar-refractivity contribution in [2.45, 2.75) is 65.3 Å². The van der Waals surface area contributed by atoms with Gasteiger partial charge in [-0.15, -0.1) is 0 Å². The smallest absolute Gasteiger partial charge is 0.185 e. The molecule has 0 saturated heterocycles. The Kier molecular flexibility index (Phi) is 3.33. The maximum absolute atomic E-state index is 12.5. The zero-order valence-electron chi connectivity index (χ0n) is 11.5. The lowest BCUT2D eigenvalue weighted by Crippen LogP contribution is -2.32. The second kappa shape index (κ2) is 4.47. The highest BCUT2D eigenvalue weighted by Gasteiger charge is 2.47. The van der Waals surface area contributed by atoms with Gasteiger partial charge < -0.3 is 5.21 Å². The molecule has 2 heteroatoms. The highest BCUT2D eigenvalue weighted by molar-refractivity contribution is 5.89. The van der Waals surface area contributed by atoms with Gasteiger partial charge in [0.15, 0.2) is 11.8 Å². The van der Waals surface area contributed by atoms with E-state index in [9.17, 15) is 5.21 Å². The molecular formula is C15H25NO. The average Bonchev–Trinajstić information content (AvgIpc) is 2.50. The van der Waals surface area contributed by atoms with Gasteiger partial charge >= 0.3 is 0 Å². The van der Waals surface area contributed by atoms with Crippen LogP contribution in [0.4, 0.5) is 0 Å². The highest BCUT2D eigenvalue weighted by Crippen LogP contribution is 2.40. The molecule has 0 aromatic heterocycles. The Hall–Kier alpha value is -0.790. The summed E-state index contributed by atoms with van der Waals surface area (Å²) in [4.78, 5) is 0. The fourth-order valence-corrected chi connectivity index (χ4v) is 3.62. The maximum Gasteiger partial charge on any atom is 0.185 e. The monoisotopic (exact) mass is 235 g/mol. The van der Waals surface area contributed by atoms with Gasteiger partial charge in [-0.3, -0.25) is 0 Å². The molecule has 1 aliphatic carbocycles. The van der Waals surface area contributed by atoms with Crippen LogP contribution < -0.4 is 0 Å². The van der Waals surface area contributed by atoms with Crippen molar-refractivity contribution in [2.24, 2.45) is 11.3 Å². The summed E-state index contributed by atoms with van der Waals surface area (Å²) in [5.74, 6) is 0.528. The largest absolute Gasteiger partial charge is 0.623 e. The number of hydrogen-bond donors (Lipinski definition) is 0. The van der Waals surface area contributed by atoms with Crippen LogP contribution in [0.1, 0.15) is 59.3 Å². The second-order valence-electron chi connectivity index (χ2n) is 6.50. The molecule has 0 bridgehead atoms. The minimum atomic E-state index is 0.0157. The molecule has 1 fully saturated rings. The molecule has 1 unspecified atom stereocenters. The number of hydroxylamine groups is 1. The second-order valence-corrected chi connectivity index (χ2v) is 6.50. The molecule has 0 aromatic rings. The topological polar surface area (TPSA) is 26.1 Å². The predicted molar refractivity (Wildman–Crippen MR) is 72.2 cm³/mol. The molecule has 1 heterocycles. The third-order valence-corrected chi connectivity index (χ3v) is 4.48. The number of nitrogens with zero attached hydrogens (tertiary/aromatic N) is 1. The predicted octanol–water partition coefficient (Wildman–Crippen LogP) is 3.89. The van der Waals surface area contributed by atoms with Gasteiger partial charge in [-0.25, -0.2) is 4.74 Å². The standard InChI is InChI=1S/C15H25NO/c1-11(2)13-10-15(3,4)14(16(13)17)12-8-6-5-7-9-12/h12-13H,1,5-10H2,2-4H3. The van der Waals surface area contributed by atoms with Crippen molar-refractivity contribution < 1.29 is 4.74 Å². The van der Waals surface area contributed by atoms with E-state index in [1.165, 1.54) is 36.8 Å². The molecule has 2 nitrogen and oxygen atoms in total. The minimum absolute atomic E-state index is 0.0157. The van der Waals surface area contributed by atoms with E-state index in [1.807, 2.05) is 6.92 Å². The van der Waals surface area contributed by atoms with Crippen molar-refractivity contribution in [3.05, 3.63) is 17.4 Å². The summed E-state index contributed by atoms with van der Waals surface area (Å²) in [6, 6.07) is 0.0157. The Balaban J connectivity index is 2.30. The van der Waals surface area contributed by atoms with Crippen molar-refractivity contribution in [1.82, 2.24) is 0 Å². The molecule has 1 saturated carbocycles. The van der Waals surface area contributed by atoms with E-state index in [1.54, 1.807) is 0 Å². The molecule has 2 aliphatic rings. The van der Waals surface area contributed by atoms with E-state index in [-0.39, 0.29) is 11.5 Å². The van der Waals surface area contributed by atoms with Crippen LogP contribution in [0.2, 0.25) is 0 Å². The first-order valence-electron chi connectivity index (χ1n) is 6.92. The average molecular weight is 235 g/mol. The third-order valence-electron chi connectivity index (χ3n) is 4.48. The van der Waals surface area contributed by atoms with Gasteiger partial charge in [0.05, 0.1) is 5.41 Å². The summed E-state index contributed by atoms with van der Waals surface area (Å²) in [6.45, 7) is 10.4. The summed E-state index contributed by atoms with van der Waals surface area (Å²) in [5, 5.41) is 12.5. The van der Waals surface area contributed by atoms with Gasteiger partial charge in [-0.1, -0.05) is 25.8 Å². The Morgan fingerprint density at radius 1 is 1.29 bits per heavy atom. The van der Waals surface area contributed by atoms with Gasteiger partial charge in [-0.05, 0) is 39.2 Å². The van der Waals surface area contributed by atoms with Gasteiger partial charge in [0, 0.05) is 12.3 Å². The quantitative estimate of drug-likeness (QED) is 0.405. The van der Waals surface area contributed by atoms with E-state index < -0.39 is 0 Å². The molecule has 96 valence electrons. The number of hydrogen-bond acceptors (Lipinski definition) is 1. The fraction of sp³-hybridized carbons (Fsp3) is 0.800. The van der Waals surface area contributed by atoms with Gasteiger partial charge in [0.2, 0.25) is 0 Å². The third kappa shape index (κ3) is 2.27.